The van der Waals surface area contributed by atoms with Gasteiger partial charge in [-0.3, -0.25) is 14.4 Å². The first kappa shape index (κ1) is 36.1. The van der Waals surface area contributed by atoms with E-state index >= 15 is 0 Å². The lowest BCUT2D eigenvalue weighted by atomic mass is 10.0. The van der Waals surface area contributed by atoms with Crippen molar-refractivity contribution in [3.05, 3.63) is 0 Å². The van der Waals surface area contributed by atoms with E-state index in [1.165, 1.54) is 0 Å². The standard InChI is InChI=1S/C29H53N5O7S/c1-22(2)20-32-27(37)11-5-10-26(36)31-13-7-15-40-17-19-41-18-16-39-14-6-12-30-25(35)9-4-3-8-24-28-23(21-42-24)33-29(38)34-28/h22-24,28H,3-21H2,1-2H3,(H,30,35)(H,31,36)(H,32,37)(H2,33,34,38)/t23-,24+,28-/m0/s1. The molecule has 0 aliphatic carbocycles. The second-order valence-corrected chi connectivity index (χ2v) is 12.4. The molecule has 242 valence electrons. The average molecular weight is 616 g/mol. The van der Waals surface area contributed by atoms with Gasteiger partial charge in [-0.1, -0.05) is 20.3 Å². The summed E-state index contributed by atoms with van der Waals surface area (Å²) in [6, 6.07) is 0.421. The zero-order valence-corrected chi connectivity index (χ0v) is 26.3. The minimum absolute atomic E-state index is 0.00412. The molecule has 0 bridgehead atoms. The van der Waals surface area contributed by atoms with Crippen molar-refractivity contribution in [1.82, 2.24) is 26.6 Å². The molecule has 0 spiro atoms. The molecule has 2 fully saturated rings. The van der Waals surface area contributed by atoms with E-state index in [4.69, 9.17) is 14.2 Å². The molecule has 0 unspecified atom stereocenters. The fraction of sp³-hybridized carbons (Fsp3) is 0.862. The Hall–Kier alpha value is -2.09. The van der Waals surface area contributed by atoms with Crippen LogP contribution < -0.4 is 26.6 Å². The molecule has 2 saturated heterocycles. The van der Waals surface area contributed by atoms with Gasteiger partial charge in [0.1, 0.15) is 0 Å². The highest BCUT2D eigenvalue weighted by molar-refractivity contribution is 8.00. The van der Waals surface area contributed by atoms with Crippen molar-refractivity contribution in [1.29, 1.82) is 0 Å². The molecule has 12 nitrogen and oxygen atoms in total. The van der Waals surface area contributed by atoms with Crippen LogP contribution in [0.2, 0.25) is 0 Å². The fourth-order valence-corrected chi connectivity index (χ4v) is 6.16. The minimum Gasteiger partial charge on any atom is -0.379 e. The Balaban J connectivity index is 1.25. The van der Waals surface area contributed by atoms with Crippen molar-refractivity contribution < 1.29 is 33.4 Å². The maximum Gasteiger partial charge on any atom is 0.315 e. The molecule has 0 radical (unpaired) electrons. The highest BCUT2D eigenvalue weighted by Gasteiger charge is 2.42. The molecule has 13 heteroatoms. The minimum atomic E-state index is -0.0580. The predicted molar refractivity (Wildman–Crippen MR) is 163 cm³/mol. The third-order valence-electron chi connectivity index (χ3n) is 6.92. The molecule has 0 aromatic carbocycles. The summed E-state index contributed by atoms with van der Waals surface area (Å²) >= 11 is 1.90. The Labute approximate surface area is 255 Å². The molecule has 2 heterocycles. The van der Waals surface area contributed by atoms with Gasteiger partial charge in [-0.05, 0) is 38.0 Å². The van der Waals surface area contributed by atoms with E-state index < -0.39 is 0 Å². The summed E-state index contributed by atoms with van der Waals surface area (Å²) in [5.41, 5.74) is 0. The van der Waals surface area contributed by atoms with Crippen molar-refractivity contribution in [2.75, 3.05) is 65.0 Å². The Kier molecular flexibility index (Phi) is 19.3. The van der Waals surface area contributed by atoms with Gasteiger partial charge in [-0.25, -0.2) is 4.79 Å². The Morgan fingerprint density at radius 1 is 0.762 bits per heavy atom. The number of hydrogen-bond donors (Lipinski definition) is 5. The molecule has 3 atom stereocenters. The van der Waals surface area contributed by atoms with Crippen LogP contribution in [0.1, 0.15) is 71.6 Å². The van der Waals surface area contributed by atoms with E-state index in [1.807, 2.05) is 25.6 Å². The zero-order chi connectivity index (χ0) is 30.4. The van der Waals surface area contributed by atoms with Gasteiger partial charge in [0.05, 0.1) is 38.5 Å². The Bertz CT molecular complexity index is 804. The van der Waals surface area contributed by atoms with Gasteiger partial charge in [-0.2, -0.15) is 11.8 Å². The van der Waals surface area contributed by atoms with E-state index in [-0.39, 0.29) is 35.8 Å². The van der Waals surface area contributed by atoms with Crippen LogP contribution in [0.5, 0.6) is 0 Å². The maximum absolute atomic E-state index is 12.0. The molecular formula is C29H53N5O7S. The van der Waals surface area contributed by atoms with Crippen molar-refractivity contribution in [3.8, 4) is 0 Å². The van der Waals surface area contributed by atoms with Crippen molar-refractivity contribution in [2.45, 2.75) is 89.0 Å². The number of fused-ring (bicyclic) bond motifs is 1. The van der Waals surface area contributed by atoms with Crippen LogP contribution in [-0.4, -0.2) is 106 Å². The summed E-state index contributed by atoms with van der Waals surface area (Å²) in [6.07, 6.45) is 6.14. The van der Waals surface area contributed by atoms with E-state index in [9.17, 15) is 19.2 Å². The zero-order valence-electron chi connectivity index (χ0n) is 25.5. The normalized spacial score (nSPS) is 19.3. The average Bonchev–Trinajstić information content (AvgIpc) is 3.51. The first-order valence-corrected chi connectivity index (χ1v) is 16.6. The maximum atomic E-state index is 12.0. The number of nitrogens with one attached hydrogen (secondary N) is 5. The SMILES string of the molecule is CC(C)CNC(=O)CCCC(=O)NCCCOCCOCCOCCCNC(=O)CCCC[C@H]1SC[C@@H]2NC(=O)N[C@@H]21. The molecule has 42 heavy (non-hydrogen) atoms. The summed E-state index contributed by atoms with van der Waals surface area (Å²) in [6.45, 7) is 8.97. The number of ether oxygens (including phenoxy) is 3. The topological polar surface area (TPSA) is 156 Å². The Morgan fingerprint density at radius 3 is 1.90 bits per heavy atom. The van der Waals surface area contributed by atoms with E-state index in [0.29, 0.717) is 96.1 Å². The van der Waals surface area contributed by atoms with E-state index in [2.05, 4.69) is 26.6 Å². The Morgan fingerprint density at radius 2 is 1.31 bits per heavy atom. The van der Waals surface area contributed by atoms with Gasteiger partial charge in [0.2, 0.25) is 17.7 Å². The first-order valence-electron chi connectivity index (χ1n) is 15.6. The number of thioether (sulfide) groups is 1. The molecule has 0 aromatic rings. The third kappa shape index (κ3) is 17.1. The lowest BCUT2D eigenvalue weighted by Gasteiger charge is -2.16. The van der Waals surface area contributed by atoms with Crippen molar-refractivity contribution in [2.24, 2.45) is 5.92 Å². The van der Waals surface area contributed by atoms with Crippen molar-refractivity contribution >= 4 is 35.5 Å². The van der Waals surface area contributed by atoms with E-state index in [0.717, 1.165) is 37.9 Å². The second-order valence-electron chi connectivity index (χ2n) is 11.2. The van der Waals surface area contributed by atoms with Crippen molar-refractivity contribution in [3.63, 3.8) is 0 Å². The van der Waals surface area contributed by atoms with Crippen LogP contribution in [0.3, 0.4) is 0 Å². The number of hydrogen-bond acceptors (Lipinski definition) is 8. The molecule has 2 aliphatic heterocycles. The molecule has 0 aromatic heterocycles. The largest absolute Gasteiger partial charge is 0.379 e. The van der Waals surface area contributed by atoms with Crippen LogP contribution in [0, 0.1) is 5.92 Å². The number of carbonyl (C=O) groups excluding carboxylic acids is 4. The highest BCUT2D eigenvalue weighted by atomic mass is 32.2. The summed E-state index contributed by atoms with van der Waals surface area (Å²) in [5, 5.41) is 15.0. The lowest BCUT2D eigenvalue weighted by Crippen LogP contribution is -2.36. The van der Waals surface area contributed by atoms with Gasteiger partial charge in [0.15, 0.2) is 0 Å². The summed E-state index contributed by atoms with van der Waals surface area (Å²) < 4.78 is 16.5. The van der Waals surface area contributed by atoms with Gasteiger partial charge in [-0.15, -0.1) is 0 Å². The number of unbranched alkanes of at least 4 members (excludes halogenated alkanes) is 1. The van der Waals surface area contributed by atoms with Gasteiger partial charge < -0.3 is 40.8 Å². The highest BCUT2D eigenvalue weighted by Crippen LogP contribution is 2.33. The molecule has 2 rings (SSSR count). The fourth-order valence-electron chi connectivity index (χ4n) is 4.61. The number of carbonyl (C=O) groups is 4. The van der Waals surface area contributed by atoms with E-state index in [1.54, 1.807) is 0 Å². The number of urea groups is 1. The molecule has 5 amide bonds. The quantitative estimate of drug-likeness (QED) is 0.0768. The summed E-state index contributed by atoms with van der Waals surface area (Å²) in [7, 11) is 0. The van der Waals surface area contributed by atoms with Gasteiger partial charge >= 0.3 is 6.03 Å². The van der Waals surface area contributed by atoms with Crippen LogP contribution in [0.15, 0.2) is 0 Å². The first-order chi connectivity index (χ1) is 20.3. The lowest BCUT2D eigenvalue weighted by molar-refractivity contribution is -0.123. The van der Waals surface area contributed by atoms with Gasteiger partial charge in [0, 0.05) is 63.1 Å². The summed E-state index contributed by atoms with van der Waals surface area (Å²) in [5.74, 6) is 1.41. The molecule has 5 N–H and O–H groups in total. The molecule has 0 saturated carbocycles. The van der Waals surface area contributed by atoms with Gasteiger partial charge in [0.25, 0.3) is 0 Å². The van der Waals surface area contributed by atoms with Crippen LogP contribution in [0.4, 0.5) is 4.79 Å². The number of amides is 5. The third-order valence-corrected chi connectivity index (χ3v) is 8.42. The van der Waals surface area contributed by atoms with Crippen LogP contribution >= 0.6 is 11.8 Å². The smallest absolute Gasteiger partial charge is 0.315 e. The second kappa shape index (κ2) is 22.4. The van der Waals surface area contributed by atoms with Crippen LogP contribution in [-0.2, 0) is 28.6 Å². The number of rotatable bonds is 25. The molecular weight excluding hydrogens is 562 g/mol. The van der Waals surface area contributed by atoms with Crippen LogP contribution in [0.25, 0.3) is 0 Å². The predicted octanol–water partition coefficient (Wildman–Crippen LogP) is 1.72. The molecule has 2 aliphatic rings. The monoisotopic (exact) mass is 615 g/mol. The summed E-state index contributed by atoms with van der Waals surface area (Å²) in [4.78, 5) is 46.9.